The fourth-order valence-corrected chi connectivity index (χ4v) is 0.891. The second-order valence-electron chi connectivity index (χ2n) is 3.00. The van der Waals surface area contributed by atoms with Gasteiger partial charge in [0, 0.05) is 0 Å². The summed E-state index contributed by atoms with van der Waals surface area (Å²) < 4.78 is 0. The van der Waals surface area contributed by atoms with Gasteiger partial charge in [-0.3, -0.25) is 0 Å². The number of hydrogen-bond acceptors (Lipinski definition) is 0. The molecule has 0 radical (unpaired) electrons. The molecule has 0 aromatic heterocycles. The lowest BCUT2D eigenvalue weighted by molar-refractivity contribution is 1.30. The van der Waals surface area contributed by atoms with Gasteiger partial charge in [-0.15, -0.1) is 6.58 Å². The second-order valence-corrected chi connectivity index (χ2v) is 3.00. The quantitative estimate of drug-likeness (QED) is 0.496. The standard InChI is InChI=1S/C9H12.C3H6.C2H6.CH4/c1-7-4-5-8(2)9(3)6-7;1-3-2;1-2;/h4-6H,1-3H3;3H,1H2,2H3;1-2H3;1H4. The Bertz CT molecular complexity index is 246. The molecule has 0 spiro atoms. The minimum Gasteiger partial charge on any atom is -0.103 e. The Balaban J connectivity index is -0.000000209. The molecule has 0 atom stereocenters. The van der Waals surface area contributed by atoms with Gasteiger partial charge in [0.1, 0.15) is 0 Å². The van der Waals surface area contributed by atoms with Crippen LogP contribution in [0.5, 0.6) is 0 Å². The van der Waals surface area contributed by atoms with E-state index in [0.29, 0.717) is 0 Å². The van der Waals surface area contributed by atoms with Crippen LogP contribution in [0.15, 0.2) is 30.9 Å². The Morgan fingerprint density at radius 1 is 1.00 bits per heavy atom. The van der Waals surface area contributed by atoms with Crippen molar-refractivity contribution < 1.29 is 0 Å². The molecule has 15 heavy (non-hydrogen) atoms. The third-order valence-electron chi connectivity index (χ3n) is 1.66. The second kappa shape index (κ2) is 13.0. The first-order valence-corrected chi connectivity index (χ1v) is 5.22. The van der Waals surface area contributed by atoms with Crippen LogP contribution < -0.4 is 0 Å². The van der Waals surface area contributed by atoms with E-state index in [2.05, 4.69) is 45.5 Å². The zero-order valence-electron chi connectivity index (χ0n) is 10.5. The summed E-state index contributed by atoms with van der Waals surface area (Å²) in [6.07, 6.45) is 1.75. The van der Waals surface area contributed by atoms with Crippen LogP contribution in [-0.4, -0.2) is 0 Å². The summed E-state index contributed by atoms with van der Waals surface area (Å²) in [5.41, 5.74) is 4.11. The third kappa shape index (κ3) is 10.9. The van der Waals surface area contributed by atoms with Crippen molar-refractivity contribution in [2.45, 2.75) is 49.0 Å². The largest absolute Gasteiger partial charge is 0.103 e. The maximum atomic E-state index is 3.36. The van der Waals surface area contributed by atoms with Crippen molar-refractivity contribution in [3.8, 4) is 0 Å². The summed E-state index contributed by atoms with van der Waals surface area (Å²) in [5, 5.41) is 0. The summed E-state index contributed by atoms with van der Waals surface area (Å²) in [7, 11) is 0. The van der Waals surface area contributed by atoms with E-state index in [4.69, 9.17) is 0 Å². The molecule has 0 saturated heterocycles. The van der Waals surface area contributed by atoms with Crippen molar-refractivity contribution in [2.24, 2.45) is 0 Å². The van der Waals surface area contributed by atoms with Crippen LogP contribution in [0.4, 0.5) is 0 Å². The van der Waals surface area contributed by atoms with Crippen LogP contribution in [-0.2, 0) is 0 Å². The lowest BCUT2D eigenvalue weighted by Gasteiger charge is -1.98. The van der Waals surface area contributed by atoms with Gasteiger partial charge >= 0.3 is 0 Å². The molecule has 0 amide bonds. The van der Waals surface area contributed by atoms with Gasteiger partial charge in [0.15, 0.2) is 0 Å². The first-order chi connectivity index (χ1) is 6.61. The molecule has 0 nitrogen and oxygen atoms in total. The van der Waals surface area contributed by atoms with Gasteiger partial charge in [0.05, 0.1) is 0 Å². The van der Waals surface area contributed by atoms with Crippen molar-refractivity contribution >= 4 is 0 Å². The zero-order valence-corrected chi connectivity index (χ0v) is 10.5. The van der Waals surface area contributed by atoms with Crippen LogP contribution in [0.25, 0.3) is 0 Å². The van der Waals surface area contributed by atoms with E-state index in [9.17, 15) is 0 Å². The van der Waals surface area contributed by atoms with E-state index in [1.54, 1.807) is 6.08 Å². The molecular formula is C15H28. The highest BCUT2D eigenvalue weighted by atomic mass is 13.9. The normalized spacial score (nSPS) is 7.07. The summed E-state index contributed by atoms with van der Waals surface area (Å²) in [6, 6.07) is 6.50. The van der Waals surface area contributed by atoms with E-state index in [0.717, 1.165) is 0 Å². The van der Waals surface area contributed by atoms with Gasteiger partial charge in [-0.05, 0) is 38.8 Å². The van der Waals surface area contributed by atoms with E-state index in [1.807, 2.05) is 20.8 Å². The lowest BCUT2D eigenvalue weighted by atomic mass is 10.1. The zero-order chi connectivity index (χ0) is 11.6. The first-order valence-electron chi connectivity index (χ1n) is 5.22. The molecule has 0 heteroatoms. The third-order valence-corrected chi connectivity index (χ3v) is 1.66. The van der Waals surface area contributed by atoms with Gasteiger partial charge in [0.25, 0.3) is 0 Å². The molecule has 1 rings (SSSR count). The van der Waals surface area contributed by atoms with Crippen LogP contribution in [0.1, 0.15) is 44.9 Å². The molecule has 0 unspecified atom stereocenters. The predicted molar refractivity (Wildman–Crippen MR) is 74.6 cm³/mol. The SMILES string of the molecule is C.C=CC.CC.Cc1ccc(C)c(C)c1. The monoisotopic (exact) mass is 208 g/mol. The molecule has 0 N–H and O–H groups in total. The van der Waals surface area contributed by atoms with E-state index >= 15 is 0 Å². The molecule has 0 aliphatic carbocycles. The van der Waals surface area contributed by atoms with Crippen molar-refractivity contribution in [1.82, 2.24) is 0 Å². The van der Waals surface area contributed by atoms with Crippen molar-refractivity contribution in [3.05, 3.63) is 47.5 Å². The topological polar surface area (TPSA) is 0 Å². The molecule has 0 aliphatic rings. The Kier molecular flexibility index (Phi) is 16.9. The Labute approximate surface area is 97.0 Å². The predicted octanol–water partition coefficient (Wildman–Crippen LogP) is 5.47. The number of benzene rings is 1. The van der Waals surface area contributed by atoms with Gasteiger partial charge in [-0.25, -0.2) is 0 Å². The number of aryl methyl sites for hydroxylation is 3. The minimum atomic E-state index is 0. The Hall–Kier alpha value is -1.04. The van der Waals surface area contributed by atoms with E-state index < -0.39 is 0 Å². The molecular weight excluding hydrogens is 180 g/mol. The molecule has 88 valence electrons. The molecule has 0 bridgehead atoms. The average molecular weight is 208 g/mol. The summed E-state index contributed by atoms with van der Waals surface area (Å²) in [4.78, 5) is 0. The Morgan fingerprint density at radius 2 is 1.40 bits per heavy atom. The van der Waals surface area contributed by atoms with Gasteiger partial charge in [-0.2, -0.15) is 0 Å². The molecule has 0 saturated carbocycles. The van der Waals surface area contributed by atoms with Crippen LogP contribution in [0.3, 0.4) is 0 Å². The molecule has 1 aromatic rings. The van der Waals surface area contributed by atoms with Gasteiger partial charge in [0.2, 0.25) is 0 Å². The highest BCUT2D eigenvalue weighted by Crippen LogP contribution is 2.07. The van der Waals surface area contributed by atoms with E-state index in [-0.39, 0.29) is 7.43 Å². The lowest BCUT2D eigenvalue weighted by Crippen LogP contribution is -1.79. The average Bonchev–Trinajstić information content (AvgIpc) is 2.17. The number of hydrogen-bond donors (Lipinski definition) is 0. The van der Waals surface area contributed by atoms with Crippen molar-refractivity contribution in [2.75, 3.05) is 0 Å². The summed E-state index contributed by atoms with van der Waals surface area (Å²) in [6.45, 7) is 15.6. The van der Waals surface area contributed by atoms with Gasteiger partial charge in [-0.1, -0.05) is 51.1 Å². The fraction of sp³-hybridized carbons (Fsp3) is 0.467. The smallest absolute Gasteiger partial charge is 0.0395 e. The summed E-state index contributed by atoms with van der Waals surface area (Å²) in [5.74, 6) is 0. The Morgan fingerprint density at radius 3 is 1.67 bits per heavy atom. The maximum absolute atomic E-state index is 3.36. The van der Waals surface area contributed by atoms with Crippen LogP contribution in [0, 0.1) is 20.8 Å². The van der Waals surface area contributed by atoms with E-state index in [1.165, 1.54) is 16.7 Å². The van der Waals surface area contributed by atoms with Gasteiger partial charge < -0.3 is 0 Å². The van der Waals surface area contributed by atoms with Crippen molar-refractivity contribution in [3.63, 3.8) is 0 Å². The highest BCUT2D eigenvalue weighted by Gasteiger charge is 1.89. The maximum Gasteiger partial charge on any atom is -0.0395 e. The summed E-state index contributed by atoms with van der Waals surface area (Å²) >= 11 is 0. The van der Waals surface area contributed by atoms with Crippen molar-refractivity contribution in [1.29, 1.82) is 0 Å². The molecule has 1 aromatic carbocycles. The van der Waals surface area contributed by atoms with Crippen LogP contribution >= 0.6 is 0 Å². The molecule has 0 aliphatic heterocycles. The van der Waals surface area contributed by atoms with Crippen LogP contribution in [0.2, 0.25) is 0 Å². The molecule has 0 fully saturated rings. The fourth-order valence-electron chi connectivity index (χ4n) is 0.891. The molecule has 0 heterocycles. The number of allylic oxidation sites excluding steroid dienone is 1. The first kappa shape index (κ1) is 19.5. The minimum absolute atomic E-state index is 0. The number of rotatable bonds is 0. The highest BCUT2D eigenvalue weighted by molar-refractivity contribution is 5.28.